The summed E-state index contributed by atoms with van der Waals surface area (Å²) in [6.07, 6.45) is 8.02. The molecule has 1 aliphatic heterocycles. The topological polar surface area (TPSA) is 38.1 Å². The number of nitrogens with zero attached hydrogens (tertiary/aromatic N) is 3. The summed E-state index contributed by atoms with van der Waals surface area (Å²) in [6.45, 7) is 5.14. The van der Waals surface area contributed by atoms with Crippen LogP contribution in [0.25, 0.3) is 0 Å². The van der Waals surface area contributed by atoms with Crippen molar-refractivity contribution in [2.75, 3.05) is 13.1 Å². The highest BCUT2D eigenvalue weighted by Crippen LogP contribution is 2.28. The van der Waals surface area contributed by atoms with Gasteiger partial charge in [0.2, 0.25) is 0 Å². The monoisotopic (exact) mass is 275 g/mol. The van der Waals surface area contributed by atoms with Crippen LogP contribution in [0.2, 0.25) is 0 Å². The molecule has 2 fully saturated rings. The highest BCUT2D eigenvalue weighted by Gasteiger charge is 2.27. The molecule has 0 spiro atoms. The second kappa shape index (κ2) is 6.08. The van der Waals surface area contributed by atoms with E-state index >= 15 is 0 Å². The minimum absolute atomic E-state index is 0.0359. The first-order valence-electron chi connectivity index (χ1n) is 8.01. The number of rotatable bonds is 3. The van der Waals surface area contributed by atoms with Crippen molar-refractivity contribution in [3.63, 3.8) is 0 Å². The van der Waals surface area contributed by atoms with Crippen LogP contribution in [0, 0.1) is 12.8 Å². The first-order valence-corrected chi connectivity index (χ1v) is 8.01. The predicted molar refractivity (Wildman–Crippen MR) is 79.8 cm³/mol. The number of hydrogen-bond acceptors (Lipinski definition) is 3. The van der Waals surface area contributed by atoms with Gasteiger partial charge in [0.25, 0.3) is 5.56 Å². The summed E-state index contributed by atoms with van der Waals surface area (Å²) in [5.74, 6) is 0.611. The summed E-state index contributed by atoms with van der Waals surface area (Å²) < 4.78 is 1.66. The van der Waals surface area contributed by atoms with Gasteiger partial charge in [0.15, 0.2) is 0 Å². The van der Waals surface area contributed by atoms with Crippen LogP contribution in [0.15, 0.2) is 16.9 Å². The van der Waals surface area contributed by atoms with Gasteiger partial charge in [-0.1, -0.05) is 12.8 Å². The predicted octanol–water partition coefficient (Wildman–Crippen LogP) is 2.21. The summed E-state index contributed by atoms with van der Waals surface area (Å²) in [5.41, 5.74) is 0.960. The smallest absolute Gasteiger partial charge is 0.266 e. The minimum atomic E-state index is 0.0359. The van der Waals surface area contributed by atoms with E-state index in [2.05, 4.69) is 10.00 Å². The van der Waals surface area contributed by atoms with Crippen LogP contribution in [0.4, 0.5) is 0 Å². The van der Waals surface area contributed by atoms with Gasteiger partial charge in [-0.05, 0) is 57.7 Å². The van der Waals surface area contributed by atoms with Gasteiger partial charge in [-0.3, -0.25) is 4.79 Å². The molecule has 2 aliphatic rings. The van der Waals surface area contributed by atoms with Crippen molar-refractivity contribution in [2.45, 2.75) is 58.0 Å². The van der Waals surface area contributed by atoms with Crippen molar-refractivity contribution in [3.05, 3.63) is 28.2 Å². The molecule has 1 aromatic rings. The Kier molecular flexibility index (Phi) is 4.20. The third-order valence-corrected chi connectivity index (χ3v) is 4.92. The molecule has 3 rings (SSSR count). The molecule has 0 atom stereocenters. The van der Waals surface area contributed by atoms with Crippen molar-refractivity contribution in [2.24, 2.45) is 5.92 Å². The molecule has 4 nitrogen and oxygen atoms in total. The van der Waals surface area contributed by atoms with Gasteiger partial charge in [-0.25, -0.2) is 4.68 Å². The third-order valence-electron chi connectivity index (χ3n) is 4.92. The molecule has 2 heterocycles. The quantitative estimate of drug-likeness (QED) is 0.849. The lowest BCUT2D eigenvalue weighted by Crippen LogP contribution is -2.41. The molecule has 0 bridgehead atoms. The fourth-order valence-corrected chi connectivity index (χ4v) is 3.70. The van der Waals surface area contributed by atoms with E-state index in [9.17, 15) is 4.79 Å². The first kappa shape index (κ1) is 13.8. The molecule has 0 radical (unpaired) electrons. The Morgan fingerprint density at radius 1 is 1.15 bits per heavy atom. The Labute approximate surface area is 120 Å². The Morgan fingerprint density at radius 2 is 1.85 bits per heavy atom. The van der Waals surface area contributed by atoms with Gasteiger partial charge in [0, 0.05) is 18.7 Å². The Morgan fingerprint density at radius 3 is 2.55 bits per heavy atom. The molecule has 1 aromatic heterocycles. The van der Waals surface area contributed by atoms with E-state index in [0.717, 1.165) is 18.3 Å². The van der Waals surface area contributed by atoms with Gasteiger partial charge < -0.3 is 4.90 Å². The maximum Gasteiger partial charge on any atom is 0.266 e. The average Bonchev–Trinajstić information content (AvgIpc) is 2.98. The van der Waals surface area contributed by atoms with Crippen LogP contribution in [0.1, 0.15) is 44.2 Å². The summed E-state index contributed by atoms with van der Waals surface area (Å²) in [6, 6.07) is 4.27. The fraction of sp³-hybridized carbons (Fsp3) is 0.750. The maximum absolute atomic E-state index is 11.8. The molecule has 1 aliphatic carbocycles. The van der Waals surface area contributed by atoms with Gasteiger partial charge in [0.1, 0.15) is 0 Å². The Balaban J connectivity index is 1.55. The standard InChI is InChI=1S/C16H25N3O/c1-13-6-7-16(20)19(17-13)12-14-8-10-18(11-9-14)15-4-2-3-5-15/h6-7,14-15H,2-5,8-12H2,1H3. The number of hydrogen-bond donors (Lipinski definition) is 0. The van der Waals surface area contributed by atoms with Crippen LogP contribution < -0.4 is 5.56 Å². The Hall–Kier alpha value is -1.16. The second-order valence-electron chi connectivity index (χ2n) is 6.41. The van der Waals surface area contributed by atoms with E-state index < -0.39 is 0 Å². The van der Waals surface area contributed by atoms with Crippen molar-refractivity contribution in [3.8, 4) is 0 Å². The van der Waals surface area contributed by atoms with Gasteiger partial charge >= 0.3 is 0 Å². The summed E-state index contributed by atoms with van der Waals surface area (Å²) >= 11 is 0. The molecule has 0 unspecified atom stereocenters. The number of aromatic nitrogens is 2. The van der Waals surface area contributed by atoms with E-state index in [-0.39, 0.29) is 5.56 Å². The molecule has 20 heavy (non-hydrogen) atoms. The number of likely N-dealkylation sites (tertiary alicyclic amines) is 1. The molecular weight excluding hydrogens is 250 g/mol. The first-order chi connectivity index (χ1) is 9.72. The van der Waals surface area contributed by atoms with Crippen LogP contribution >= 0.6 is 0 Å². The molecule has 0 aromatic carbocycles. The van der Waals surface area contributed by atoms with Gasteiger partial charge in [0.05, 0.1) is 5.69 Å². The average molecular weight is 275 g/mol. The van der Waals surface area contributed by atoms with Crippen molar-refractivity contribution in [1.29, 1.82) is 0 Å². The summed E-state index contributed by atoms with van der Waals surface area (Å²) in [7, 11) is 0. The van der Waals surface area contributed by atoms with E-state index in [4.69, 9.17) is 0 Å². The van der Waals surface area contributed by atoms with Crippen molar-refractivity contribution < 1.29 is 0 Å². The van der Waals surface area contributed by atoms with Crippen LogP contribution in [0.5, 0.6) is 0 Å². The van der Waals surface area contributed by atoms with Crippen molar-refractivity contribution in [1.82, 2.24) is 14.7 Å². The Bertz CT molecular complexity index is 497. The molecule has 1 saturated carbocycles. The highest BCUT2D eigenvalue weighted by molar-refractivity contribution is 4.97. The van der Waals surface area contributed by atoms with Gasteiger partial charge in [-0.15, -0.1) is 0 Å². The highest BCUT2D eigenvalue weighted by atomic mass is 16.1. The normalized spacial score (nSPS) is 22.4. The molecule has 1 saturated heterocycles. The lowest BCUT2D eigenvalue weighted by atomic mass is 9.95. The van der Waals surface area contributed by atoms with Gasteiger partial charge in [-0.2, -0.15) is 5.10 Å². The van der Waals surface area contributed by atoms with Crippen LogP contribution in [-0.2, 0) is 6.54 Å². The zero-order chi connectivity index (χ0) is 13.9. The van der Waals surface area contributed by atoms with E-state index in [1.165, 1.54) is 51.6 Å². The van der Waals surface area contributed by atoms with E-state index in [1.807, 2.05) is 6.92 Å². The van der Waals surface area contributed by atoms with Crippen LogP contribution in [0.3, 0.4) is 0 Å². The number of aryl methyl sites for hydroxylation is 1. The lowest BCUT2D eigenvalue weighted by Gasteiger charge is -2.36. The maximum atomic E-state index is 11.8. The molecule has 0 amide bonds. The molecule has 0 N–H and O–H groups in total. The lowest BCUT2D eigenvalue weighted by molar-refractivity contribution is 0.125. The molecular formula is C16H25N3O. The van der Waals surface area contributed by atoms with E-state index in [1.54, 1.807) is 16.8 Å². The summed E-state index contributed by atoms with van der Waals surface area (Å²) in [4.78, 5) is 14.5. The van der Waals surface area contributed by atoms with E-state index in [0.29, 0.717) is 5.92 Å². The minimum Gasteiger partial charge on any atom is -0.300 e. The molecule has 110 valence electrons. The summed E-state index contributed by atoms with van der Waals surface area (Å²) in [5, 5.41) is 4.35. The van der Waals surface area contributed by atoms with Crippen LogP contribution in [-0.4, -0.2) is 33.8 Å². The zero-order valence-electron chi connectivity index (χ0n) is 12.4. The number of piperidine rings is 1. The largest absolute Gasteiger partial charge is 0.300 e. The third kappa shape index (κ3) is 3.11. The second-order valence-corrected chi connectivity index (χ2v) is 6.41. The fourth-order valence-electron chi connectivity index (χ4n) is 3.70. The zero-order valence-corrected chi connectivity index (χ0v) is 12.4. The molecule has 4 heteroatoms. The van der Waals surface area contributed by atoms with Crippen molar-refractivity contribution >= 4 is 0 Å². The SMILES string of the molecule is Cc1ccc(=O)n(CC2CCN(C3CCCC3)CC2)n1.